The zero-order valence-corrected chi connectivity index (χ0v) is 16.1. The van der Waals surface area contributed by atoms with Gasteiger partial charge in [0.15, 0.2) is 0 Å². The van der Waals surface area contributed by atoms with Crippen LogP contribution in [0.1, 0.15) is 40.6 Å². The number of piperidine rings is 1. The standard InChI is InChI=1S/C22H23N3O3/c1-15-3-5-16(6-4-15)20-23-21(28-24-20)17-11-13-25(14-12-17)22(26)18-7-9-19(27-2)10-8-18/h3-10,17H,11-14H2,1-2H3. The summed E-state index contributed by atoms with van der Waals surface area (Å²) < 4.78 is 10.7. The van der Waals surface area contributed by atoms with E-state index in [2.05, 4.69) is 10.1 Å². The molecule has 1 fully saturated rings. The van der Waals surface area contributed by atoms with Crippen molar-refractivity contribution in [2.45, 2.75) is 25.7 Å². The van der Waals surface area contributed by atoms with Crippen LogP contribution in [0.2, 0.25) is 0 Å². The molecule has 6 nitrogen and oxygen atoms in total. The van der Waals surface area contributed by atoms with Crippen LogP contribution in [-0.4, -0.2) is 41.1 Å². The Labute approximate surface area is 164 Å². The van der Waals surface area contributed by atoms with Gasteiger partial charge in [-0.15, -0.1) is 0 Å². The van der Waals surface area contributed by atoms with Gasteiger partial charge >= 0.3 is 0 Å². The number of likely N-dealkylation sites (tertiary alicyclic amines) is 1. The second-order valence-electron chi connectivity index (χ2n) is 7.12. The highest BCUT2D eigenvalue weighted by Crippen LogP contribution is 2.29. The molecule has 0 radical (unpaired) electrons. The Balaban J connectivity index is 1.38. The Morgan fingerprint density at radius 3 is 2.39 bits per heavy atom. The summed E-state index contributed by atoms with van der Waals surface area (Å²) in [6, 6.07) is 15.3. The third kappa shape index (κ3) is 3.76. The van der Waals surface area contributed by atoms with Crippen molar-refractivity contribution in [3.8, 4) is 17.1 Å². The average molecular weight is 377 g/mol. The molecule has 1 saturated heterocycles. The molecule has 28 heavy (non-hydrogen) atoms. The quantitative estimate of drug-likeness (QED) is 0.685. The highest BCUT2D eigenvalue weighted by Gasteiger charge is 2.28. The summed E-state index contributed by atoms with van der Waals surface area (Å²) in [4.78, 5) is 19.2. The van der Waals surface area contributed by atoms with Gasteiger partial charge in [-0.3, -0.25) is 4.79 Å². The van der Waals surface area contributed by atoms with Gasteiger partial charge in [0, 0.05) is 30.1 Å². The third-order valence-corrected chi connectivity index (χ3v) is 5.22. The number of hydrogen-bond donors (Lipinski definition) is 0. The lowest BCUT2D eigenvalue weighted by Gasteiger charge is -2.30. The number of carbonyl (C=O) groups excluding carboxylic acids is 1. The fourth-order valence-corrected chi connectivity index (χ4v) is 3.47. The first kappa shape index (κ1) is 18.2. The zero-order valence-electron chi connectivity index (χ0n) is 16.1. The van der Waals surface area contributed by atoms with E-state index < -0.39 is 0 Å². The first-order valence-electron chi connectivity index (χ1n) is 9.48. The molecule has 3 aromatic rings. The van der Waals surface area contributed by atoms with Crippen molar-refractivity contribution in [3.63, 3.8) is 0 Å². The SMILES string of the molecule is COc1ccc(C(=O)N2CCC(c3nc(-c4ccc(C)cc4)no3)CC2)cc1. The highest BCUT2D eigenvalue weighted by atomic mass is 16.5. The minimum atomic E-state index is 0.0481. The van der Waals surface area contributed by atoms with E-state index in [1.165, 1.54) is 5.56 Å². The molecule has 4 rings (SSSR count). The van der Waals surface area contributed by atoms with E-state index in [0.29, 0.717) is 30.4 Å². The van der Waals surface area contributed by atoms with E-state index in [1.54, 1.807) is 19.2 Å². The van der Waals surface area contributed by atoms with Crippen LogP contribution in [0.4, 0.5) is 0 Å². The van der Waals surface area contributed by atoms with Crippen molar-refractivity contribution in [1.29, 1.82) is 0 Å². The summed E-state index contributed by atoms with van der Waals surface area (Å²) in [7, 11) is 1.61. The molecule has 1 aliphatic rings. The molecule has 2 aromatic carbocycles. The number of carbonyl (C=O) groups is 1. The molecule has 144 valence electrons. The van der Waals surface area contributed by atoms with E-state index in [-0.39, 0.29) is 11.8 Å². The smallest absolute Gasteiger partial charge is 0.253 e. The normalized spacial score (nSPS) is 14.9. The van der Waals surface area contributed by atoms with Crippen LogP contribution < -0.4 is 4.74 Å². The second-order valence-corrected chi connectivity index (χ2v) is 7.12. The fourth-order valence-electron chi connectivity index (χ4n) is 3.47. The first-order valence-corrected chi connectivity index (χ1v) is 9.48. The molecule has 0 saturated carbocycles. The predicted octanol–water partition coefficient (Wildman–Crippen LogP) is 4.07. The van der Waals surface area contributed by atoms with Crippen LogP contribution in [0.15, 0.2) is 53.1 Å². The minimum Gasteiger partial charge on any atom is -0.497 e. The summed E-state index contributed by atoms with van der Waals surface area (Å²) in [6.45, 7) is 3.40. The molecule has 0 N–H and O–H groups in total. The molecule has 0 unspecified atom stereocenters. The monoisotopic (exact) mass is 377 g/mol. The molecular formula is C22H23N3O3. The number of aromatic nitrogens is 2. The number of rotatable bonds is 4. The van der Waals surface area contributed by atoms with Crippen LogP contribution in [0.5, 0.6) is 5.75 Å². The lowest BCUT2D eigenvalue weighted by molar-refractivity contribution is 0.0704. The van der Waals surface area contributed by atoms with Crippen LogP contribution in [0.25, 0.3) is 11.4 Å². The maximum absolute atomic E-state index is 12.7. The van der Waals surface area contributed by atoms with Crippen molar-refractivity contribution in [3.05, 3.63) is 65.5 Å². The molecule has 0 atom stereocenters. The van der Waals surface area contributed by atoms with Crippen LogP contribution in [-0.2, 0) is 0 Å². The Bertz CT molecular complexity index is 940. The van der Waals surface area contributed by atoms with Gasteiger partial charge in [0.05, 0.1) is 7.11 Å². The number of benzene rings is 2. The van der Waals surface area contributed by atoms with E-state index in [9.17, 15) is 4.79 Å². The summed E-state index contributed by atoms with van der Waals surface area (Å²) in [6.07, 6.45) is 1.63. The van der Waals surface area contributed by atoms with Crippen LogP contribution >= 0.6 is 0 Å². The number of ether oxygens (including phenoxy) is 1. The van der Waals surface area contributed by atoms with Gasteiger partial charge in [0.1, 0.15) is 5.75 Å². The van der Waals surface area contributed by atoms with Gasteiger partial charge < -0.3 is 14.2 Å². The van der Waals surface area contributed by atoms with Crippen molar-refractivity contribution < 1.29 is 14.1 Å². The number of methoxy groups -OCH3 is 1. The topological polar surface area (TPSA) is 68.5 Å². The maximum atomic E-state index is 12.7. The van der Waals surface area contributed by atoms with Crippen molar-refractivity contribution in [2.75, 3.05) is 20.2 Å². The molecule has 2 heterocycles. The Morgan fingerprint density at radius 1 is 1.07 bits per heavy atom. The van der Waals surface area contributed by atoms with E-state index in [4.69, 9.17) is 9.26 Å². The molecule has 0 bridgehead atoms. The number of amides is 1. The van der Waals surface area contributed by atoms with Gasteiger partial charge in [-0.25, -0.2) is 0 Å². The zero-order chi connectivity index (χ0) is 19.5. The molecule has 1 amide bonds. The Hall–Kier alpha value is -3.15. The molecule has 6 heteroatoms. The summed E-state index contributed by atoms with van der Waals surface area (Å²) >= 11 is 0. The van der Waals surface area contributed by atoms with Crippen LogP contribution in [0, 0.1) is 6.92 Å². The Kier molecular flexibility index (Phi) is 5.10. The lowest BCUT2D eigenvalue weighted by atomic mass is 9.96. The van der Waals surface area contributed by atoms with Crippen LogP contribution in [0.3, 0.4) is 0 Å². The summed E-state index contributed by atoms with van der Waals surface area (Å²) in [5.41, 5.74) is 2.83. The van der Waals surface area contributed by atoms with E-state index in [0.717, 1.165) is 24.2 Å². The predicted molar refractivity (Wildman–Crippen MR) is 105 cm³/mol. The third-order valence-electron chi connectivity index (χ3n) is 5.22. The van der Waals surface area contributed by atoms with Gasteiger partial charge in [-0.05, 0) is 44.0 Å². The molecule has 0 aliphatic carbocycles. The van der Waals surface area contributed by atoms with Gasteiger partial charge in [0.25, 0.3) is 5.91 Å². The van der Waals surface area contributed by atoms with Crippen molar-refractivity contribution in [2.24, 2.45) is 0 Å². The molecule has 1 aliphatic heterocycles. The van der Waals surface area contributed by atoms with E-state index in [1.807, 2.05) is 48.2 Å². The van der Waals surface area contributed by atoms with Gasteiger partial charge in [-0.1, -0.05) is 35.0 Å². The van der Waals surface area contributed by atoms with Crippen molar-refractivity contribution in [1.82, 2.24) is 15.0 Å². The number of aryl methyl sites for hydroxylation is 1. The highest BCUT2D eigenvalue weighted by molar-refractivity contribution is 5.94. The van der Waals surface area contributed by atoms with E-state index >= 15 is 0 Å². The molecule has 0 spiro atoms. The largest absolute Gasteiger partial charge is 0.497 e. The summed E-state index contributed by atoms with van der Waals surface area (Å²) in [5, 5.41) is 4.13. The maximum Gasteiger partial charge on any atom is 0.253 e. The lowest BCUT2D eigenvalue weighted by Crippen LogP contribution is -2.37. The van der Waals surface area contributed by atoms with Gasteiger partial charge in [0.2, 0.25) is 11.7 Å². The van der Waals surface area contributed by atoms with Gasteiger partial charge in [-0.2, -0.15) is 4.98 Å². The Morgan fingerprint density at radius 2 is 1.75 bits per heavy atom. The van der Waals surface area contributed by atoms with Crippen molar-refractivity contribution >= 4 is 5.91 Å². The number of nitrogens with zero attached hydrogens (tertiary/aromatic N) is 3. The first-order chi connectivity index (χ1) is 13.6. The number of hydrogen-bond acceptors (Lipinski definition) is 5. The molecule has 1 aromatic heterocycles. The summed E-state index contributed by atoms with van der Waals surface area (Å²) in [5.74, 6) is 2.26. The average Bonchev–Trinajstić information content (AvgIpc) is 3.24. The second kappa shape index (κ2) is 7.84. The molecular weight excluding hydrogens is 354 g/mol. The fraction of sp³-hybridized carbons (Fsp3) is 0.318. The minimum absolute atomic E-state index is 0.0481.